The number of hydrogen-bond donors (Lipinski definition) is 2. The van der Waals surface area contributed by atoms with Crippen molar-refractivity contribution in [3.63, 3.8) is 0 Å². The standard InChI is InChI=1S/C19H26N2O4/c1-3-10-21(4-2)11-9-14-13-20-17-6-5-15(12-16(14)17)25-19(24)8-7-18(22)23/h5-6,12-13,20H,3-4,7-11H2,1-2H3,(H,22,23). The molecule has 1 aromatic heterocycles. The van der Waals surface area contributed by atoms with Gasteiger partial charge in [-0.2, -0.15) is 0 Å². The second kappa shape index (κ2) is 9.22. The van der Waals surface area contributed by atoms with E-state index in [0.717, 1.165) is 43.4 Å². The molecule has 2 aromatic rings. The third-order valence-corrected chi connectivity index (χ3v) is 4.20. The Balaban J connectivity index is 2.05. The summed E-state index contributed by atoms with van der Waals surface area (Å²) in [6.07, 6.45) is 3.71. The Morgan fingerprint density at radius 3 is 2.68 bits per heavy atom. The summed E-state index contributed by atoms with van der Waals surface area (Å²) in [4.78, 5) is 27.9. The van der Waals surface area contributed by atoms with E-state index in [-0.39, 0.29) is 12.8 Å². The number of likely N-dealkylation sites (N-methyl/N-ethyl adjacent to an activating group) is 1. The van der Waals surface area contributed by atoms with Gasteiger partial charge in [-0.05, 0) is 49.7 Å². The number of ether oxygens (including phenoxy) is 1. The molecule has 0 bridgehead atoms. The van der Waals surface area contributed by atoms with Crippen LogP contribution in [0.15, 0.2) is 24.4 Å². The lowest BCUT2D eigenvalue weighted by atomic mass is 10.1. The SMILES string of the molecule is CCCN(CC)CCc1c[nH]c2ccc(OC(=O)CCC(=O)O)cc12. The summed E-state index contributed by atoms with van der Waals surface area (Å²) in [6.45, 7) is 7.45. The number of hydrogen-bond acceptors (Lipinski definition) is 4. The highest BCUT2D eigenvalue weighted by Gasteiger charge is 2.11. The van der Waals surface area contributed by atoms with Crippen LogP contribution in [0.1, 0.15) is 38.7 Å². The molecule has 0 unspecified atom stereocenters. The quantitative estimate of drug-likeness (QED) is 0.510. The Hall–Kier alpha value is -2.34. The molecule has 0 aliphatic heterocycles. The Labute approximate surface area is 147 Å². The number of H-pyrrole nitrogens is 1. The van der Waals surface area contributed by atoms with Crippen LogP contribution >= 0.6 is 0 Å². The maximum absolute atomic E-state index is 11.7. The van der Waals surface area contributed by atoms with Crippen molar-refractivity contribution >= 4 is 22.8 Å². The first-order valence-corrected chi connectivity index (χ1v) is 8.78. The van der Waals surface area contributed by atoms with Crippen molar-refractivity contribution in [3.8, 4) is 5.75 Å². The van der Waals surface area contributed by atoms with Gasteiger partial charge in [0.25, 0.3) is 0 Å². The normalized spacial score (nSPS) is 11.2. The summed E-state index contributed by atoms with van der Waals surface area (Å²) in [7, 11) is 0. The molecular weight excluding hydrogens is 320 g/mol. The molecule has 0 fully saturated rings. The molecule has 0 spiro atoms. The van der Waals surface area contributed by atoms with E-state index in [1.54, 1.807) is 6.07 Å². The number of benzene rings is 1. The Bertz CT molecular complexity index is 723. The Morgan fingerprint density at radius 2 is 2.00 bits per heavy atom. The number of fused-ring (bicyclic) bond motifs is 1. The van der Waals surface area contributed by atoms with Crippen molar-refractivity contribution in [3.05, 3.63) is 30.0 Å². The van der Waals surface area contributed by atoms with Crippen molar-refractivity contribution < 1.29 is 19.4 Å². The molecule has 0 saturated carbocycles. The maximum atomic E-state index is 11.7. The molecule has 136 valence electrons. The number of nitrogens with zero attached hydrogens (tertiary/aromatic N) is 1. The number of rotatable bonds is 10. The van der Waals surface area contributed by atoms with Crippen LogP contribution in [0.4, 0.5) is 0 Å². The monoisotopic (exact) mass is 346 g/mol. The molecule has 1 heterocycles. The van der Waals surface area contributed by atoms with Crippen LogP contribution in [-0.4, -0.2) is 46.6 Å². The topological polar surface area (TPSA) is 82.6 Å². The Morgan fingerprint density at radius 1 is 1.20 bits per heavy atom. The summed E-state index contributed by atoms with van der Waals surface area (Å²) >= 11 is 0. The highest BCUT2D eigenvalue weighted by Crippen LogP contribution is 2.24. The van der Waals surface area contributed by atoms with Crippen molar-refractivity contribution in [2.24, 2.45) is 0 Å². The molecule has 0 amide bonds. The van der Waals surface area contributed by atoms with E-state index < -0.39 is 11.9 Å². The van der Waals surface area contributed by atoms with E-state index in [0.29, 0.717) is 5.75 Å². The van der Waals surface area contributed by atoms with Gasteiger partial charge in [-0.1, -0.05) is 13.8 Å². The van der Waals surface area contributed by atoms with E-state index in [1.807, 2.05) is 18.3 Å². The second-order valence-electron chi connectivity index (χ2n) is 6.07. The molecule has 0 aliphatic rings. The lowest BCUT2D eigenvalue weighted by Crippen LogP contribution is -2.26. The lowest BCUT2D eigenvalue weighted by molar-refractivity contribution is -0.142. The van der Waals surface area contributed by atoms with E-state index in [9.17, 15) is 9.59 Å². The van der Waals surface area contributed by atoms with Gasteiger partial charge >= 0.3 is 11.9 Å². The molecule has 25 heavy (non-hydrogen) atoms. The smallest absolute Gasteiger partial charge is 0.311 e. The van der Waals surface area contributed by atoms with Gasteiger partial charge < -0.3 is 19.7 Å². The molecule has 2 rings (SSSR count). The maximum Gasteiger partial charge on any atom is 0.311 e. The number of aromatic amines is 1. The van der Waals surface area contributed by atoms with Gasteiger partial charge in [0.1, 0.15) is 5.75 Å². The first kappa shape index (κ1) is 19.0. The summed E-state index contributed by atoms with van der Waals surface area (Å²) in [6, 6.07) is 5.44. The summed E-state index contributed by atoms with van der Waals surface area (Å²) in [5.74, 6) is -1.09. The third kappa shape index (κ3) is 5.60. The average Bonchev–Trinajstić information content (AvgIpc) is 2.99. The number of aliphatic carboxylic acids is 1. The van der Waals surface area contributed by atoms with Crippen molar-refractivity contribution in [1.29, 1.82) is 0 Å². The molecule has 0 saturated heterocycles. The van der Waals surface area contributed by atoms with Crippen LogP contribution < -0.4 is 4.74 Å². The average molecular weight is 346 g/mol. The van der Waals surface area contributed by atoms with Crippen molar-refractivity contribution in [1.82, 2.24) is 9.88 Å². The highest BCUT2D eigenvalue weighted by atomic mass is 16.5. The van der Waals surface area contributed by atoms with Crippen LogP contribution in [0, 0.1) is 0 Å². The molecule has 0 aliphatic carbocycles. The van der Waals surface area contributed by atoms with Gasteiger partial charge in [0.15, 0.2) is 0 Å². The molecular formula is C19H26N2O4. The minimum atomic E-state index is -1.01. The van der Waals surface area contributed by atoms with E-state index >= 15 is 0 Å². The van der Waals surface area contributed by atoms with E-state index in [2.05, 4.69) is 23.7 Å². The van der Waals surface area contributed by atoms with Crippen molar-refractivity contribution in [2.75, 3.05) is 19.6 Å². The Kier molecular flexibility index (Phi) is 7.01. The number of carbonyl (C=O) groups excluding carboxylic acids is 1. The van der Waals surface area contributed by atoms with E-state index in [1.165, 1.54) is 5.56 Å². The predicted molar refractivity (Wildman–Crippen MR) is 96.9 cm³/mol. The third-order valence-electron chi connectivity index (χ3n) is 4.20. The summed E-state index contributed by atoms with van der Waals surface area (Å²) in [5, 5.41) is 9.66. The van der Waals surface area contributed by atoms with Gasteiger partial charge in [0.2, 0.25) is 0 Å². The lowest BCUT2D eigenvalue weighted by Gasteiger charge is -2.19. The first-order valence-electron chi connectivity index (χ1n) is 8.78. The highest BCUT2D eigenvalue weighted by molar-refractivity contribution is 5.86. The number of carboxylic acids is 1. The van der Waals surface area contributed by atoms with Gasteiger partial charge in [0, 0.05) is 23.6 Å². The second-order valence-corrected chi connectivity index (χ2v) is 6.07. The number of nitrogens with one attached hydrogen (secondary N) is 1. The van der Waals surface area contributed by atoms with Gasteiger partial charge in [-0.25, -0.2) is 0 Å². The van der Waals surface area contributed by atoms with Crippen molar-refractivity contribution in [2.45, 2.75) is 39.5 Å². The van der Waals surface area contributed by atoms with Crippen LogP contribution in [-0.2, 0) is 16.0 Å². The number of aromatic nitrogens is 1. The van der Waals surface area contributed by atoms with Crippen LogP contribution in [0.3, 0.4) is 0 Å². The zero-order valence-corrected chi connectivity index (χ0v) is 14.9. The minimum absolute atomic E-state index is 0.129. The zero-order chi connectivity index (χ0) is 18.2. The number of carboxylic acid groups (broad SMARTS) is 1. The van der Waals surface area contributed by atoms with Gasteiger partial charge in [-0.15, -0.1) is 0 Å². The van der Waals surface area contributed by atoms with Gasteiger partial charge in [-0.3, -0.25) is 9.59 Å². The van der Waals surface area contributed by atoms with Crippen LogP contribution in [0.25, 0.3) is 10.9 Å². The minimum Gasteiger partial charge on any atom is -0.481 e. The predicted octanol–water partition coefficient (Wildman–Crippen LogP) is 3.21. The zero-order valence-electron chi connectivity index (χ0n) is 14.9. The molecule has 2 N–H and O–H groups in total. The fourth-order valence-corrected chi connectivity index (χ4v) is 2.84. The fraction of sp³-hybridized carbons (Fsp3) is 0.474. The van der Waals surface area contributed by atoms with Crippen LogP contribution in [0.2, 0.25) is 0 Å². The molecule has 0 atom stereocenters. The number of carbonyl (C=O) groups is 2. The summed E-state index contributed by atoms with van der Waals surface area (Å²) in [5.41, 5.74) is 2.19. The van der Waals surface area contributed by atoms with E-state index in [4.69, 9.17) is 9.84 Å². The molecule has 1 aromatic carbocycles. The largest absolute Gasteiger partial charge is 0.481 e. The van der Waals surface area contributed by atoms with Gasteiger partial charge in [0.05, 0.1) is 12.8 Å². The first-order chi connectivity index (χ1) is 12.0. The molecule has 6 nitrogen and oxygen atoms in total. The molecule has 6 heteroatoms. The van der Waals surface area contributed by atoms with Crippen LogP contribution in [0.5, 0.6) is 5.75 Å². The molecule has 0 radical (unpaired) electrons. The summed E-state index contributed by atoms with van der Waals surface area (Å²) < 4.78 is 5.26. The fourth-order valence-electron chi connectivity index (χ4n) is 2.84. The number of esters is 1.